The van der Waals surface area contributed by atoms with Crippen LogP contribution in [-0.4, -0.2) is 59.5 Å². The van der Waals surface area contributed by atoms with Gasteiger partial charge in [0, 0.05) is 25.7 Å². The Morgan fingerprint density at radius 3 is 2.84 bits per heavy atom. The molecule has 1 unspecified atom stereocenters. The van der Waals surface area contributed by atoms with Crippen LogP contribution in [0.25, 0.3) is 0 Å². The standard InChI is InChI=1S/C14H25NO4/c1-9(2)13(16)7-15-6-10(14(17)18)5-11-8-19-4-3-12(11)15/h9-13,16H,3-8H2,1-2H3,(H,17,18)/t10-,11-,12-,13?/m1/s1. The molecule has 0 aliphatic carbocycles. The molecule has 0 saturated carbocycles. The maximum absolute atomic E-state index is 11.3. The van der Waals surface area contributed by atoms with Crippen LogP contribution in [0.3, 0.4) is 0 Å². The summed E-state index contributed by atoms with van der Waals surface area (Å²) in [6, 6.07) is 0.373. The Balaban J connectivity index is 2.06. The maximum atomic E-state index is 11.3. The molecule has 2 fully saturated rings. The van der Waals surface area contributed by atoms with Gasteiger partial charge in [-0.1, -0.05) is 13.8 Å². The summed E-state index contributed by atoms with van der Waals surface area (Å²) in [5, 5.41) is 19.3. The number of piperidine rings is 1. The van der Waals surface area contributed by atoms with Crippen LogP contribution in [0, 0.1) is 17.8 Å². The summed E-state index contributed by atoms with van der Waals surface area (Å²) in [5.41, 5.74) is 0. The van der Waals surface area contributed by atoms with Crippen LogP contribution < -0.4 is 0 Å². The molecule has 2 saturated heterocycles. The highest BCUT2D eigenvalue weighted by atomic mass is 16.5. The fraction of sp³-hybridized carbons (Fsp3) is 0.929. The van der Waals surface area contributed by atoms with Crippen molar-refractivity contribution in [2.45, 2.75) is 38.8 Å². The molecule has 0 amide bonds. The molecule has 0 bridgehead atoms. The second-order valence-corrected chi connectivity index (χ2v) is 6.23. The number of hydrogen-bond donors (Lipinski definition) is 2. The van der Waals surface area contributed by atoms with Crippen molar-refractivity contribution >= 4 is 5.97 Å². The lowest BCUT2D eigenvalue weighted by Gasteiger charge is -2.46. The van der Waals surface area contributed by atoms with Crippen molar-refractivity contribution in [1.82, 2.24) is 4.90 Å². The monoisotopic (exact) mass is 271 g/mol. The summed E-state index contributed by atoms with van der Waals surface area (Å²) in [4.78, 5) is 13.4. The molecule has 4 atom stereocenters. The molecule has 0 spiro atoms. The van der Waals surface area contributed by atoms with Gasteiger partial charge in [0.1, 0.15) is 0 Å². The number of carboxylic acids is 1. The zero-order valence-corrected chi connectivity index (χ0v) is 11.8. The van der Waals surface area contributed by atoms with Gasteiger partial charge in [0.2, 0.25) is 0 Å². The van der Waals surface area contributed by atoms with Crippen molar-refractivity contribution in [3.05, 3.63) is 0 Å². The third kappa shape index (κ3) is 3.46. The zero-order valence-electron chi connectivity index (χ0n) is 11.8. The molecule has 2 heterocycles. The van der Waals surface area contributed by atoms with Crippen LogP contribution in [0.15, 0.2) is 0 Å². The summed E-state index contributed by atoms with van der Waals surface area (Å²) in [6.45, 7) is 6.51. The highest BCUT2D eigenvalue weighted by Gasteiger charge is 2.40. The van der Waals surface area contributed by atoms with Gasteiger partial charge in [0.05, 0.1) is 18.6 Å². The van der Waals surface area contributed by atoms with E-state index in [2.05, 4.69) is 4.90 Å². The van der Waals surface area contributed by atoms with E-state index in [0.29, 0.717) is 38.1 Å². The van der Waals surface area contributed by atoms with E-state index in [1.54, 1.807) is 0 Å². The summed E-state index contributed by atoms with van der Waals surface area (Å²) in [5.74, 6) is -0.568. The highest BCUT2D eigenvalue weighted by Crippen LogP contribution is 2.33. The number of rotatable bonds is 4. The lowest BCUT2D eigenvalue weighted by molar-refractivity contribution is -0.148. The molecule has 2 aliphatic rings. The Bertz CT molecular complexity index is 321. The number of hydrogen-bond acceptors (Lipinski definition) is 4. The van der Waals surface area contributed by atoms with Gasteiger partial charge < -0.3 is 14.9 Å². The number of carboxylic acid groups (broad SMARTS) is 1. The summed E-state index contributed by atoms with van der Waals surface area (Å²) in [7, 11) is 0. The first-order chi connectivity index (χ1) is 8.99. The van der Waals surface area contributed by atoms with Gasteiger partial charge in [-0.3, -0.25) is 9.69 Å². The smallest absolute Gasteiger partial charge is 0.307 e. The minimum Gasteiger partial charge on any atom is -0.481 e. The molecule has 2 aliphatic heterocycles. The van der Waals surface area contributed by atoms with E-state index in [4.69, 9.17) is 4.74 Å². The number of carbonyl (C=O) groups is 1. The Kier molecular flexibility index (Phi) is 4.81. The third-order valence-electron chi connectivity index (χ3n) is 4.49. The molecule has 0 aromatic heterocycles. The number of β-amino-alcohol motifs (C(OH)–C–C–N with tert-alkyl or cyclic N) is 1. The van der Waals surface area contributed by atoms with E-state index < -0.39 is 12.1 Å². The van der Waals surface area contributed by atoms with E-state index in [0.717, 1.165) is 13.0 Å². The van der Waals surface area contributed by atoms with Crippen molar-refractivity contribution in [2.75, 3.05) is 26.3 Å². The molecule has 5 heteroatoms. The summed E-state index contributed by atoms with van der Waals surface area (Å²) < 4.78 is 5.49. The fourth-order valence-electron chi connectivity index (χ4n) is 3.19. The summed E-state index contributed by atoms with van der Waals surface area (Å²) in [6.07, 6.45) is 1.26. The van der Waals surface area contributed by atoms with E-state index >= 15 is 0 Å². The quantitative estimate of drug-likeness (QED) is 0.792. The molecule has 19 heavy (non-hydrogen) atoms. The van der Waals surface area contributed by atoms with E-state index in [1.165, 1.54) is 0 Å². The summed E-state index contributed by atoms with van der Waals surface area (Å²) >= 11 is 0. The first kappa shape index (κ1) is 14.8. The average Bonchev–Trinajstić information content (AvgIpc) is 2.38. The number of ether oxygens (including phenoxy) is 1. The van der Waals surface area contributed by atoms with Crippen LogP contribution in [0.1, 0.15) is 26.7 Å². The number of aliphatic hydroxyl groups is 1. The van der Waals surface area contributed by atoms with E-state index in [1.807, 2.05) is 13.8 Å². The van der Waals surface area contributed by atoms with Gasteiger partial charge in [-0.15, -0.1) is 0 Å². The first-order valence-electron chi connectivity index (χ1n) is 7.21. The Morgan fingerprint density at radius 1 is 1.47 bits per heavy atom. The Morgan fingerprint density at radius 2 is 2.21 bits per heavy atom. The molecular weight excluding hydrogens is 246 g/mol. The Labute approximate surface area is 114 Å². The van der Waals surface area contributed by atoms with Gasteiger partial charge in [0.15, 0.2) is 0 Å². The highest BCUT2D eigenvalue weighted by molar-refractivity contribution is 5.70. The van der Waals surface area contributed by atoms with Crippen molar-refractivity contribution in [3.8, 4) is 0 Å². The predicted molar refractivity (Wildman–Crippen MR) is 70.9 cm³/mol. The first-order valence-corrected chi connectivity index (χ1v) is 7.21. The lowest BCUT2D eigenvalue weighted by Crippen LogP contribution is -2.56. The Hall–Kier alpha value is -0.650. The molecule has 0 aromatic carbocycles. The predicted octanol–water partition coefficient (Wildman–Crippen LogP) is 0.815. The van der Waals surface area contributed by atoms with Crippen LogP contribution in [0.5, 0.6) is 0 Å². The third-order valence-corrected chi connectivity index (χ3v) is 4.49. The SMILES string of the molecule is CC(C)C(O)CN1C[C@H](C(=O)O)C[C@@H]2COCC[C@H]21. The van der Waals surface area contributed by atoms with Crippen LogP contribution in [-0.2, 0) is 9.53 Å². The second kappa shape index (κ2) is 6.20. The van der Waals surface area contributed by atoms with E-state index in [-0.39, 0.29) is 11.8 Å². The molecule has 110 valence electrons. The molecule has 0 aromatic rings. The van der Waals surface area contributed by atoms with Crippen molar-refractivity contribution in [2.24, 2.45) is 17.8 Å². The average molecular weight is 271 g/mol. The normalized spacial score (nSPS) is 34.0. The van der Waals surface area contributed by atoms with Crippen molar-refractivity contribution in [3.63, 3.8) is 0 Å². The number of fused-ring (bicyclic) bond motifs is 1. The lowest BCUT2D eigenvalue weighted by atomic mass is 9.80. The zero-order chi connectivity index (χ0) is 14.0. The van der Waals surface area contributed by atoms with Crippen molar-refractivity contribution in [1.29, 1.82) is 0 Å². The fourth-order valence-corrected chi connectivity index (χ4v) is 3.19. The number of nitrogens with zero attached hydrogens (tertiary/aromatic N) is 1. The number of aliphatic hydroxyl groups excluding tert-OH is 1. The number of aliphatic carboxylic acids is 1. The molecular formula is C14H25NO4. The van der Waals surface area contributed by atoms with Gasteiger partial charge >= 0.3 is 5.97 Å². The largest absolute Gasteiger partial charge is 0.481 e. The van der Waals surface area contributed by atoms with Crippen LogP contribution >= 0.6 is 0 Å². The topological polar surface area (TPSA) is 70.0 Å². The second-order valence-electron chi connectivity index (χ2n) is 6.23. The number of likely N-dealkylation sites (tertiary alicyclic amines) is 1. The van der Waals surface area contributed by atoms with Crippen molar-refractivity contribution < 1.29 is 19.7 Å². The van der Waals surface area contributed by atoms with Crippen LogP contribution in [0.4, 0.5) is 0 Å². The van der Waals surface area contributed by atoms with Gasteiger partial charge in [-0.05, 0) is 24.7 Å². The maximum Gasteiger partial charge on any atom is 0.307 e. The molecule has 5 nitrogen and oxygen atoms in total. The minimum absolute atomic E-state index is 0.198. The van der Waals surface area contributed by atoms with Gasteiger partial charge in [-0.2, -0.15) is 0 Å². The van der Waals surface area contributed by atoms with Gasteiger partial charge in [0.25, 0.3) is 0 Å². The molecule has 2 rings (SSSR count). The van der Waals surface area contributed by atoms with Crippen LogP contribution in [0.2, 0.25) is 0 Å². The van der Waals surface area contributed by atoms with E-state index in [9.17, 15) is 15.0 Å². The van der Waals surface area contributed by atoms with Gasteiger partial charge in [-0.25, -0.2) is 0 Å². The molecule has 2 N–H and O–H groups in total. The molecule has 0 radical (unpaired) electrons. The minimum atomic E-state index is -0.729.